The minimum absolute atomic E-state index is 0.0193. The summed E-state index contributed by atoms with van der Waals surface area (Å²) < 4.78 is 10.9. The van der Waals surface area contributed by atoms with Gasteiger partial charge in [0.1, 0.15) is 11.4 Å². The molecule has 0 radical (unpaired) electrons. The second-order valence-electron chi connectivity index (χ2n) is 4.85. The van der Waals surface area contributed by atoms with E-state index in [1.165, 1.54) is 5.56 Å². The Labute approximate surface area is 112 Å². The molecule has 5 nitrogen and oxygen atoms in total. The Bertz CT molecular complexity index is 426. The molecule has 0 unspecified atom stereocenters. The highest BCUT2D eigenvalue weighted by Crippen LogP contribution is 2.25. The van der Waals surface area contributed by atoms with E-state index in [2.05, 4.69) is 5.32 Å². The van der Waals surface area contributed by atoms with Gasteiger partial charge in [0, 0.05) is 20.2 Å². The van der Waals surface area contributed by atoms with Gasteiger partial charge in [0.05, 0.1) is 13.0 Å². The van der Waals surface area contributed by atoms with Crippen LogP contribution >= 0.6 is 0 Å². The largest absolute Gasteiger partial charge is 0.484 e. The summed E-state index contributed by atoms with van der Waals surface area (Å²) >= 11 is 0. The zero-order valence-electron chi connectivity index (χ0n) is 11.0. The van der Waals surface area contributed by atoms with Crippen LogP contribution in [-0.4, -0.2) is 43.5 Å². The lowest BCUT2D eigenvalue weighted by molar-refractivity contribution is -0.143. The predicted molar refractivity (Wildman–Crippen MR) is 70.5 cm³/mol. The molecule has 0 atom stereocenters. The summed E-state index contributed by atoms with van der Waals surface area (Å²) in [5, 5.41) is 12.0. The van der Waals surface area contributed by atoms with Crippen molar-refractivity contribution in [2.24, 2.45) is 0 Å². The van der Waals surface area contributed by atoms with Crippen LogP contribution in [0.15, 0.2) is 24.3 Å². The molecule has 1 aromatic rings. The first-order valence-electron chi connectivity index (χ1n) is 6.33. The molecular weight excluding hydrogens is 246 g/mol. The van der Waals surface area contributed by atoms with Crippen LogP contribution in [0.3, 0.4) is 0 Å². The molecule has 1 aromatic carbocycles. The normalized spacial score (nSPS) is 16.7. The third kappa shape index (κ3) is 3.68. The molecule has 5 heteroatoms. The summed E-state index contributed by atoms with van der Waals surface area (Å²) in [7, 11) is 1.68. The SMILES string of the molecule is COCCc1ccc(OC2(CC(=O)O)CNC2)cc1. The maximum absolute atomic E-state index is 10.8. The molecule has 0 saturated carbocycles. The van der Waals surface area contributed by atoms with E-state index in [1.807, 2.05) is 24.3 Å². The first-order chi connectivity index (χ1) is 9.13. The summed E-state index contributed by atoms with van der Waals surface area (Å²) in [5.41, 5.74) is 0.577. The van der Waals surface area contributed by atoms with Crippen molar-refractivity contribution in [1.29, 1.82) is 0 Å². The second kappa shape index (κ2) is 6.04. The Morgan fingerprint density at radius 3 is 2.53 bits per heavy atom. The zero-order chi connectivity index (χ0) is 13.7. The van der Waals surface area contributed by atoms with E-state index in [0.29, 0.717) is 25.4 Å². The number of carboxylic acids is 1. The van der Waals surface area contributed by atoms with E-state index in [1.54, 1.807) is 7.11 Å². The van der Waals surface area contributed by atoms with E-state index in [4.69, 9.17) is 14.6 Å². The molecule has 0 aliphatic carbocycles. The van der Waals surface area contributed by atoms with Gasteiger partial charge in [-0.15, -0.1) is 0 Å². The number of hydrogen-bond acceptors (Lipinski definition) is 4. The molecule has 1 aliphatic rings. The minimum Gasteiger partial charge on any atom is -0.484 e. The Kier molecular flexibility index (Phi) is 4.39. The smallest absolute Gasteiger partial charge is 0.307 e. The summed E-state index contributed by atoms with van der Waals surface area (Å²) in [6.45, 7) is 1.84. The lowest BCUT2D eigenvalue weighted by Gasteiger charge is -2.41. The first-order valence-corrected chi connectivity index (χ1v) is 6.33. The van der Waals surface area contributed by atoms with Crippen molar-refractivity contribution in [3.05, 3.63) is 29.8 Å². The van der Waals surface area contributed by atoms with Gasteiger partial charge >= 0.3 is 5.97 Å². The molecule has 0 amide bonds. The Balaban J connectivity index is 1.96. The van der Waals surface area contributed by atoms with Crippen molar-refractivity contribution in [2.75, 3.05) is 26.8 Å². The quantitative estimate of drug-likeness (QED) is 0.772. The number of hydrogen-bond donors (Lipinski definition) is 2. The Morgan fingerprint density at radius 1 is 1.37 bits per heavy atom. The predicted octanol–water partition coefficient (Wildman–Crippen LogP) is 1.07. The molecule has 19 heavy (non-hydrogen) atoms. The summed E-state index contributed by atoms with van der Waals surface area (Å²) in [6, 6.07) is 7.73. The molecule has 2 rings (SSSR count). The third-order valence-electron chi connectivity index (χ3n) is 3.22. The summed E-state index contributed by atoms with van der Waals surface area (Å²) in [4.78, 5) is 10.8. The van der Waals surface area contributed by atoms with Crippen LogP contribution in [-0.2, 0) is 16.0 Å². The molecule has 1 saturated heterocycles. The molecule has 0 aromatic heterocycles. The van der Waals surface area contributed by atoms with Gasteiger partial charge in [0.2, 0.25) is 0 Å². The maximum atomic E-state index is 10.8. The van der Waals surface area contributed by atoms with Crippen LogP contribution in [0.25, 0.3) is 0 Å². The highest BCUT2D eigenvalue weighted by Gasteiger charge is 2.41. The molecule has 0 spiro atoms. The van der Waals surface area contributed by atoms with E-state index in [9.17, 15) is 4.79 Å². The highest BCUT2D eigenvalue weighted by atomic mass is 16.5. The van der Waals surface area contributed by atoms with E-state index in [-0.39, 0.29) is 6.42 Å². The number of aliphatic carboxylic acids is 1. The van der Waals surface area contributed by atoms with Gasteiger partial charge in [-0.3, -0.25) is 4.79 Å². The molecule has 0 bridgehead atoms. The number of benzene rings is 1. The molecule has 1 aliphatic heterocycles. The van der Waals surface area contributed by atoms with Crippen molar-refractivity contribution < 1.29 is 19.4 Å². The highest BCUT2D eigenvalue weighted by molar-refractivity contribution is 5.68. The van der Waals surface area contributed by atoms with Gasteiger partial charge in [-0.1, -0.05) is 12.1 Å². The average molecular weight is 265 g/mol. The van der Waals surface area contributed by atoms with Gasteiger partial charge in [-0.05, 0) is 24.1 Å². The van der Waals surface area contributed by atoms with Crippen molar-refractivity contribution >= 4 is 5.97 Å². The van der Waals surface area contributed by atoms with E-state index < -0.39 is 11.6 Å². The van der Waals surface area contributed by atoms with Crippen LogP contribution in [0, 0.1) is 0 Å². The van der Waals surface area contributed by atoms with Crippen LogP contribution < -0.4 is 10.1 Å². The van der Waals surface area contributed by atoms with Crippen LogP contribution in [0.4, 0.5) is 0 Å². The zero-order valence-corrected chi connectivity index (χ0v) is 11.0. The summed E-state index contributed by atoms with van der Waals surface area (Å²) in [5.74, 6) is -0.123. The van der Waals surface area contributed by atoms with Crippen LogP contribution in [0.5, 0.6) is 5.75 Å². The van der Waals surface area contributed by atoms with Gasteiger partial charge in [-0.25, -0.2) is 0 Å². The first kappa shape index (κ1) is 13.8. The molecule has 104 valence electrons. The summed E-state index contributed by atoms with van der Waals surface area (Å²) in [6.07, 6.45) is 0.879. The van der Waals surface area contributed by atoms with Gasteiger partial charge < -0.3 is 19.9 Å². The monoisotopic (exact) mass is 265 g/mol. The minimum atomic E-state index is -0.835. The van der Waals surface area contributed by atoms with Crippen molar-refractivity contribution in [3.63, 3.8) is 0 Å². The number of carboxylic acid groups (broad SMARTS) is 1. The van der Waals surface area contributed by atoms with Crippen LogP contribution in [0.1, 0.15) is 12.0 Å². The van der Waals surface area contributed by atoms with Crippen molar-refractivity contribution in [1.82, 2.24) is 5.32 Å². The maximum Gasteiger partial charge on any atom is 0.307 e. The van der Waals surface area contributed by atoms with Crippen molar-refractivity contribution in [3.8, 4) is 5.75 Å². The van der Waals surface area contributed by atoms with Gasteiger partial charge in [0.15, 0.2) is 0 Å². The lowest BCUT2D eigenvalue weighted by Crippen LogP contribution is -2.64. The van der Waals surface area contributed by atoms with Crippen molar-refractivity contribution in [2.45, 2.75) is 18.4 Å². The number of nitrogens with one attached hydrogen (secondary N) is 1. The van der Waals surface area contributed by atoms with E-state index >= 15 is 0 Å². The third-order valence-corrected chi connectivity index (χ3v) is 3.22. The fourth-order valence-corrected chi connectivity index (χ4v) is 2.11. The number of methoxy groups -OCH3 is 1. The van der Waals surface area contributed by atoms with E-state index in [0.717, 1.165) is 6.42 Å². The average Bonchev–Trinajstić information content (AvgIpc) is 2.35. The fraction of sp³-hybridized carbons (Fsp3) is 0.500. The molecule has 2 N–H and O–H groups in total. The fourth-order valence-electron chi connectivity index (χ4n) is 2.11. The Morgan fingerprint density at radius 2 is 2.05 bits per heavy atom. The van der Waals surface area contributed by atoms with Gasteiger partial charge in [-0.2, -0.15) is 0 Å². The second-order valence-corrected chi connectivity index (χ2v) is 4.85. The molecule has 1 fully saturated rings. The molecular formula is C14H19NO4. The number of ether oxygens (including phenoxy) is 2. The number of carbonyl (C=O) groups is 1. The van der Waals surface area contributed by atoms with Crippen LogP contribution in [0.2, 0.25) is 0 Å². The number of rotatable bonds is 7. The molecule has 1 heterocycles. The standard InChI is InChI=1S/C14H19NO4/c1-18-7-6-11-2-4-12(5-3-11)19-14(8-13(16)17)9-15-10-14/h2-5,15H,6-10H2,1H3,(H,16,17). The Hall–Kier alpha value is -1.59. The van der Waals surface area contributed by atoms with Gasteiger partial charge in [0.25, 0.3) is 0 Å². The topological polar surface area (TPSA) is 67.8 Å². The lowest BCUT2D eigenvalue weighted by atomic mass is 9.92.